The highest BCUT2D eigenvalue weighted by Gasteiger charge is 2.08. The lowest BCUT2D eigenvalue weighted by molar-refractivity contribution is 0.102. The standard InChI is InChI=1S/C20H16N4O/c1-14-5-4-7-16(11-14)24-20(25)19-10-9-17(13-22-19)23-18-8-3-2-6-15(18)12-21/h2-11,13,23H,1H3,(H,24,25). The molecule has 0 aliphatic rings. The zero-order chi connectivity index (χ0) is 17.6. The van der Waals surface area contributed by atoms with Gasteiger partial charge in [0.2, 0.25) is 0 Å². The summed E-state index contributed by atoms with van der Waals surface area (Å²) in [6, 6.07) is 20.3. The van der Waals surface area contributed by atoms with E-state index in [1.54, 1.807) is 30.5 Å². The van der Waals surface area contributed by atoms with Crippen molar-refractivity contribution >= 4 is 23.0 Å². The number of benzene rings is 2. The smallest absolute Gasteiger partial charge is 0.274 e. The van der Waals surface area contributed by atoms with E-state index in [9.17, 15) is 4.79 Å². The molecule has 1 amide bonds. The van der Waals surface area contributed by atoms with Crippen LogP contribution in [-0.2, 0) is 0 Å². The number of carbonyl (C=O) groups is 1. The predicted molar refractivity (Wildman–Crippen MR) is 97.8 cm³/mol. The zero-order valence-corrected chi connectivity index (χ0v) is 13.7. The molecule has 2 N–H and O–H groups in total. The van der Waals surface area contributed by atoms with Crippen molar-refractivity contribution in [1.82, 2.24) is 4.98 Å². The third-order valence-electron chi connectivity index (χ3n) is 3.60. The van der Waals surface area contributed by atoms with Gasteiger partial charge in [0, 0.05) is 5.69 Å². The molecule has 0 saturated carbocycles. The van der Waals surface area contributed by atoms with Crippen molar-refractivity contribution in [1.29, 1.82) is 5.26 Å². The van der Waals surface area contributed by atoms with Crippen molar-refractivity contribution < 1.29 is 4.79 Å². The molecule has 5 nitrogen and oxygen atoms in total. The molecule has 3 rings (SSSR count). The number of anilines is 3. The second-order valence-electron chi connectivity index (χ2n) is 5.54. The number of carbonyl (C=O) groups excluding carboxylic acids is 1. The molecule has 0 aliphatic heterocycles. The van der Waals surface area contributed by atoms with Crippen LogP contribution in [0.1, 0.15) is 21.6 Å². The largest absolute Gasteiger partial charge is 0.353 e. The minimum Gasteiger partial charge on any atom is -0.353 e. The maximum atomic E-state index is 12.3. The molecule has 0 aliphatic carbocycles. The molecule has 0 unspecified atom stereocenters. The quantitative estimate of drug-likeness (QED) is 0.750. The van der Waals surface area contributed by atoms with Crippen LogP contribution in [0.25, 0.3) is 0 Å². The van der Waals surface area contributed by atoms with Gasteiger partial charge in [-0.3, -0.25) is 4.79 Å². The maximum Gasteiger partial charge on any atom is 0.274 e. The Morgan fingerprint density at radius 2 is 1.88 bits per heavy atom. The molecule has 0 atom stereocenters. The molecule has 0 fully saturated rings. The van der Waals surface area contributed by atoms with Crippen molar-refractivity contribution in [2.45, 2.75) is 6.92 Å². The average molecular weight is 328 g/mol. The Labute approximate surface area is 146 Å². The Hall–Kier alpha value is -3.65. The van der Waals surface area contributed by atoms with Gasteiger partial charge < -0.3 is 10.6 Å². The van der Waals surface area contributed by atoms with Gasteiger partial charge >= 0.3 is 0 Å². The van der Waals surface area contributed by atoms with Crippen molar-refractivity contribution in [2.75, 3.05) is 10.6 Å². The number of rotatable bonds is 4. The van der Waals surface area contributed by atoms with E-state index in [0.29, 0.717) is 22.6 Å². The Balaban J connectivity index is 1.71. The van der Waals surface area contributed by atoms with Crippen molar-refractivity contribution in [2.24, 2.45) is 0 Å². The summed E-state index contributed by atoms with van der Waals surface area (Å²) >= 11 is 0. The summed E-state index contributed by atoms with van der Waals surface area (Å²) < 4.78 is 0. The van der Waals surface area contributed by atoms with Crippen molar-refractivity contribution in [3.63, 3.8) is 0 Å². The lowest BCUT2D eigenvalue weighted by atomic mass is 10.2. The van der Waals surface area contributed by atoms with Crippen LogP contribution >= 0.6 is 0 Å². The fourth-order valence-corrected chi connectivity index (χ4v) is 2.37. The molecular weight excluding hydrogens is 312 g/mol. The molecule has 0 bridgehead atoms. The summed E-state index contributed by atoms with van der Waals surface area (Å²) in [6.07, 6.45) is 1.57. The predicted octanol–water partition coefficient (Wildman–Crippen LogP) is 4.26. The highest BCUT2D eigenvalue weighted by molar-refractivity contribution is 6.03. The van der Waals surface area contributed by atoms with Crippen molar-refractivity contribution in [3.05, 3.63) is 83.7 Å². The van der Waals surface area contributed by atoms with Crippen LogP contribution in [0.5, 0.6) is 0 Å². The van der Waals surface area contributed by atoms with E-state index in [-0.39, 0.29) is 5.91 Å². The summed E-state index contributed by atoms with van der Waals surface area (Å²) in [5, 5.41) is 15.1. The van der Waals surface area contributed by atoms with E-state index in [2.05, 4.69) is 21.7 Å². The summed E-state index contributed by atoms with van der Waals surface area (Å²) in [5.41, 5.74) is 4.07. The van der Waals surface area contributed by atoms with Gasteiger partial charge in [-0.25, -0.2) is 4.98 Å². The molecule has 1 heterocycles. The number of nitrogens with one attached hydrogen (secondary N) is 2. The number of hydrogen-bond acceptors (Lipinski definition) is 4. The van der Waals surface area contributed by atoms with Gasteiger partial charge in [-0.15, -0.1) is 0 Å². The fraction of sp³-hybridized carbons (Fsp3) is 0.0500. The van der Waals surface area contributed by atoms with E-state index in [4.69, 9.17) is 5.26 Å². The van der Waals surface area contributed by atoms with Crippen molar-refractivity contribution in [3.8, 4) is 6.07 Å². The number of nitriles is 1. The van der Waals surface area contributed by atoms with E-state index in [0.717, 1.165) is 11.3 Å². The van der Waals surface area contributed by atoms with Gasteiger partial charge in [0.25, 0.3) is 5.91 Å². The van der Waals surface area contributed by atoms with Gasteiger partial charge in [0.05, 0.1) is 23.1 Å². The molecule has 0 radical (unpaired) electrons. The lowest BCUT2D eigenvalue weighted by Crippen LogP contribution is -2.13. The molecule has 0 spiro atoms. The number of aromatic nitrogens is 1. The summed E-state index contributed by atoms with van der Waals surface area (Å²) in [4.78, 5) is 16.4. The lowest BCUT2D eigenvalue weighted by Gasteiger charge is -2.09. The molecular formula is C20H16N4O. The Morgan fingerprint density at radius 3 is 2.60 bits per heavy atom. The number of nitrogens with zero attached hydrogens (tertiary/aromatic N) is 2. The molecule has 3 aromatic rings. The Bertz CT molecular complexity index is 942. The molecule has 1 aromatic heterocycles. The third-order valence-corrected chi connectivity index (χ3v) is 3.60. The number of pyridine rings is 1. The summed E-state index contributed by atoms with van der Waals surface area (Å²) in [7, 11) is 0. The first-order chi connectivity index (χ1) is 12.2. The molecule has 25 heavy (non-hydrogen) atoms. The van der Waals surface area contributed by atoms with E-state index < -0.39 is 0 Å². The highest BCUT2D eigenvalue weighted by atomic mass is 16.1. The number of aryl methyl sites for hydroxylation is 1. The molecule has 5 heteroatoms. The monoisotopic (exact) mass is 328 g/mol. The molecule has 122 valence electrons. The van der Waals surface area contributed by atoms with Crippen LogP contribution in [0, 0.1) is 18.3 Å². The minimum absolute atomic E-state index is 0.269. The Kier molecular flexibility index (Phi) is 4.72. The van der Waals surface area contributed by atoms with Crippen LogP contribution in [0.2, 0.25) is 0 Å². The second-order valence-corrected chi connectivity index (χ2v) is 5.54. The van der Waals surface area contributed by atoms with E-state index in [1.807, 2.05) is 43.3 Å². The second kappa shape index (κ2) is 7.28. The maximum absolute atomic E-state index is 12.3. The number of hydrogen-bond donors (Lipinski definition) is 2. The average Bonchev–Trinajstić information content (AvgIpc) is 2.63. The van der Waals surface area contributed by atoms with Gasteiger partial charge in [0.15, 0.2) is 0 Å². The normalized spacial score (nSPS) is 9.92. The first-order valence-electron chi connectivity index (χ1n) is 7.76. The first-order valence-corrected chi connectivity index (χ1v) is 7.76. The zero-order valence-electron chi connectivity index (χ0n) is 13.7. The van der Waals surface area contributed by atoms with E-state index >= 15 is 0 Å². The van der Waals surface area contributed by atoms with Crippen LogP contribution < -0.4 is 10.6 Å². The van der Waals surface area contributed by atoms with Crippen LogP contribution in [0.4, 0.5) is 17.1 Å². The summed E-state index contributed by atoms with van der Waals surface area (Å²) in [5.74, 6) is -0.269. The number of amides is 1. The highest BCUT2D eigenvalue weighted by Crippen LogP contribution is 2.20. The van der Waals surface area contributed by atoms with Crippen LogP contribution in [0.3, 0.4) is 0 Å². The minimum atomic E-state index is -0.269. The third kappa shape index (κ3) is 4.01. The number of para-hydroxylation sites is 1. The molecule has 0 saturated heterocycles. The summed E-state index contributed by atoms with van der Waals surface area (Å²) in [6.45, 7) is 1.97. The SMILES string of the molecule is Cc1cccc(NC(=O)c2ccc(Nc3ccccc3C#N)cn2)c1. The van der Waals surface area contributed by atoms with Gasteiger partial charge in [-0.2, -0.15) is 5.26 Å². The fourth-order valence-electron chi connectivity index (χ4n) is 2.37. The van der Waals surface area contributed by atoms with Crippen LogP contribution in [-0.4, -0.2) is 10.9 Å². The Morgan fingerprint density at radius 1 is 1.04 bits per heavy atom. The first kappa shape index (κ1) is 16.2. The van der Waals surface area contributed by atoms with Gasteiger partial charge in [-0.05, 0) is 48.9 Å². The van der Waals surface area contributed by atoms with E-state index in [1.165, 1.54) is 0 Å². The van der Waals surface area contributed by atoms with Gasteiger partial charge in [-0.1, -0.05) is 24.3 Å². The van der Waals surface area contributed by atoms with Crippen LogP contribution in [0.15, 0.2) is 66.9 Å². The molecule has 2 aromatic carbocycles. The van der Waals surface area contributed by atoms with Gasteiger partial charge in [0.1, 0.15) is 11.8 Å². The topological polar surface area (TPSA) is 77.8 Å².